The van der Waals surface area contributed by atoms with Crippen molar-refractivity contribution in [3.63, 3.8) is 0 Å². The summed E-state index contributed by atoms with van der Waals surface area (Å²) in [6.07, 6.45) is 10.3. The SMILES string of the molecule is C=C/C=C1/CCCCC1=NC=C. The van der Waals surface area contributed by atoms with Crippen LogP contribution in [0.15, 0.2) is 42.1 Å². The highest BCUT2D eigenvalue weighted by atomic mass is 14.7. The lowest BCUT2D eigenvalue weighted by Crippen LogP contribution is -2.08. The molecule has 1 nitrogen and oxygen atoms in total. The summed E-state index contributed by atoms with van der Waals surface area (Å²) in [6.45, 7) is 7.30. The summed E-state index contributed by atoms with van der Waals surface area (Å²) in [5, 5.41) is 0. The van der Waals surface area contributed by atoms with Crippen LogP contribution in [0.3, 0.4) is 0 Å². The van der Waals surface area contributed by atoms with E-state index in [0.717, 1.165) is 12.8 Å². The molecule has 0 radical (unpaired) electrons. The first-order chi connectivity index (χ1) is 5.88. The summed E-state index contributed by atoms with van der Waals surface area (Å²) in [5.41, 5.74) is 2.52. The van der Waals surface area contributed by atoms with Crippen molar-refractivity contribution in [2.75, 3.05) is 0 Å². The third kappa shape index (κ3) is 2.19. The van der Waals surface area contributed by atoms with Crippen LogP contribution in [-0.2, 0) is 0 Å². The Hall–Kier alpha value is -1.11. The van der Waals surface area contributed by atoms with E-state index in [4.69, 9.17) is 0 Å². The second-order valence-electron chi connectivity index (χ2n) is 2.89. The van der Waals surface area contributed by atoms with Crippen LogP contribution in [0.4, 0.5) is 0 Å². The maximum atomic E-state index is 4.25. The zero-order valence-corrected chi connectivity index (χ0v) is 7.42. The van der Waals surface area contributed by atoms with Gasteiger partial charge in [0.2, 0.25) is 0 Å². The lowest BCUT2D eigenvalue weighted by atomic mass is 9.92. The van der Waals surface area contributed by atoms with E-state index in [1.54, 1.807) is 6.20 Å². The van der Waals surface area contributed by atoms with Gasteiger partial charge in [0, 0.05) is 11.9 Å². The van der Waals surface area contributed by atoms with Crippen molar-refractivity contribution in [1.29, 1.82) is 0 Å². The minimum Gasteiger partial charge on any atom is -0.262 e. The zero-order valence-electron chi connectivity index (χ0n) is 7.42. The minimum absolute atomic E-state index is 1.09. The van der Waals surface area contributed by atoms with E-state index in [-0.39, 0.29) is 0 Å². The van der Waals surface area contributed by atoms with Crippen LogP contribution < -0.4 is 0 Å². The number of allylic oxidation sites excluding steroid dienone is 3. The molecule has 0 bridgehead atoms. The highest BCUT2D eigenvalue weighted by Crippen LogP contribution is 2.21. The average Bonchev–Trinajstić information content (AvgIpc) is 2.09. The predicted octanol–water partition coefficient (Wildman–Crippen LogP) is 3.26. The smallest absolute Gasteiger partial charge is 0.0435 e. The van der Waals surface area contributed by atoms with Gasteiger partial charge in [-0.05, 0) is 31.3 Å². The molecule has 0 unspecified atom stereocenters. The van der Waals surface area contributed by atoms with Gasteiger partial charge in [-0.1, -0.05) is 25.3 Å². The fraction of sp³-hybridized carbons (Fsp3) is 0.364. The molecular weight excluding hydrogens is 146 g/mol. The Balaban J connectivity index is 2.80. The van der Waals surface area contributed by atoms with Crippen LogP contribution >= 0.6 is 0 Å². The summed E-state index contributed by atoms with van der Waals surface area (Å²) in [7, 11) is 0. The van der Waals surface area contributed by atoms with Crippen LogP contribution in [0.2, 0.25) is 0 Å². The summed E-state index contributed by atoms with van der Waals surface area (Å²) in [5.74, 6) is 0. The number of rotatable bonds is 2. The Kier molecular flexibility index (Phi) is 3.52. The summed E-state index contributed by atoms with van der Waals surface area (Å²) in [6, 6.07) is 0. The second kappa shape index (κ2) is 4.70. The standard InChI is InChI=1S/C11H15N/c1-3-7-10-8-5-6-9-11(10)12-4-2/h3-4,7H,1-2,5-6,8-9H2/b10-7-,12-11?. The van der Waals surface area contributed by atoms with Crippen molar-refractivity contribution < 1.29 is 0 Å². The highest BCUT2D eigenvalue weighted by molar-refractivity contribution is 6.01. The minimum atomic E-state index is 1.09. The van der Waals surface area contributed by atoms with Gasteiger partial charge in [-0.3, -0.25) is 4.99 Å². The Bertz CT molecular complexity index is 207. The monoisotopic (exact) mass is 161 g/mol. The van der Waals surface area contributed by atoms with Gasteiger partial charge in [-0.2, -0.15) is 0 Å². The van der Waals surface area contributed by atoms with Gasteiger partial charge < -0.3 is 0 Å². The maximum absolute atomic E-state index is 4.25. The first-order valence-electron chi connectivity index (χ1n) is 4.38. The van der Waals surface area contributed by atoms with Gasteiger partial charge in [-0.15, -0.1) is 0 Å². The van der Waals surface area contributed by atoms with E-state index in [1.807, 2.05) is 6.08 Å². The van der Waals surface area contributed by atoms with Crippen LogP contribution in [0, 0.1) is 0 Å². The average molecular weight is 161 g/mol. The zero-order chi connectivity index (χ0) is 8.81. The molecule has 12 heavy (non-hydrogen) atoms. The normalized spacial score (nSPS) is 24.3. The van der Waals surface area contributed by atoms with Crippen LogP contribution in [-0.4, -0.2) is 5.71 Å². The molecular formula is C11H15N. The van der Waals surface area contributed by atoms with E-state index in [9.17, 15) is 0 Å². The molecule has 1 saturated carbocycles. The quantitative estimate of drug-likeness (QED) is 0.589. The van der Waals surface area contributed by atoms with E-state index in [1.165, 1.54) is 24.1 Å². The molecule has 0 aromatic carbocycles. The fourth-order valence-corrected chi connectivity index (χ4v) is 1.49. The summed E-state index contributed by atoms with van der Waals surface area (Å²) >= 11 is 0. The van der Waals surface area contributed by atoms with Gasteiger partial charge in [0.25, 0.3) is 0 Å². The first kappa shape index (κ1) is 8.98. The topological polar surface area (TPSA) is 12.4 Å². The molecule has 1 aliphatic rings. The molecule has 0 N–H and O–H groups in total. The van der Waals surface area contributed by atoms with Crippen molar-refractivity contribution in [2.45, 2.75) is 25.7 Å². The molecule has 1 heteroatoms. The third-order valence-corrected chi connectivity index (χ3v) is 2.05. The molecule has 0 heterocycles. The molecule has 0 amide bonds. The predicted molar refractivity (Wildman–Crippen MR) is 54.4 cm³/mol. The molecule has 1 aliphatic carbocycles. The van der Waals surface area contributed by atoms with Crippen molar-refractivity contribution in [1.82, 2.24) is 0 Å². The van der Waals surface area contributed by atoms with Gasteiger partial charge in [0.1, 0.15) is 0 Å². The molecule has 64 valence electrons. The number of hydrogen-bond donors (Lipinski definition) is 0. The fourth-order valence-electron chi connectivity index (χ4n) is 1.49. The highest BCUT2D eigenvalue weighted by Gasteiger charge is 2.11. The molecule has 0 spiro atoms. The number of hydrogen-bond acceptors (Lipinski definition) is 1. The molecule has 0 aromatic rings. The maximum Gasteiger partial charge on any atom is 0.0435 e. The van der Waals surface area contributed by atoms with Gasteiger partial charge in [0.15, 0.2) is 0 Å². The largest absolute Gasteiger partial charge is 0.262 e. The lowest BCUT2D eigenvalue weighted by molar-refractivity contribution is 0.733. The Labute approximate surface area is 74.2 Å². The van der Waals surface area contributed by atoms with Crippen LogP contribution in [0.5, 0.6) is 0 Å². The van der Waals surface area contributed by atoms with Gasteiger partial charge in [0.05, 0.1) is 0 Å². The first-order valence-corrected chi connectivity index (χ1v) is 4.38. The second-order valence-corrected chi connectivity index (χ2v) is 2.89. The number of nitrogens with zero attached hydrogens (tertiary/aromatic N) is 1. The number of aliphatic imine (C=N–C) groups is 1. The molecule has 1 fully saturated rings. The Morgan fingerprint density at radius 2 is 1.92 bits per heavy atom. The Morgan fingerprint density at radius 3 is 2.58 bits per heavy atom. The Morgan fingerprint density at radius 1 is 1.17 bits per heavy atom. The van der Waals surface area contributed by atoms with Crippen molar-refractivity contribution in [3.05, 3.63) is 37.1 Å². The summed E-state index contributed by atoms with van der Waals surface area (Å²) < 4.78 is 0. The lowest BCUT2D eigenvalue weighted by Gasteiger charge is -2.15. The van der Waals surface area contributed by atoms with E-state index in [2.05, 4.69) is 24.2 Å². The van der Waals surface area contributed by atoms with Gasteiger partial charge >= 0.3 is 0 Å². The molecule has 0 aliphatic heterocycles. The van der Waals surface area contributed by atoms with Crippen LogP contribution in [0.25, 0.3) is 0 Å². The van der Waals surface area contributed by atoms with E-state index >= 15 is 0 Å². The van der Waals surface area contributed by atoms with Crippen molar-refractivity contribution in [2.24, 2.45) is 4.99 Å². The summed E-state index contributed by atoms with van der Waals surface area (Å²) in [4.78, 5) is 4.25. The van der Waals surface area contributed by atoms with E-state index in [0.29, 0.717) is 0 Å². The molecule has 0 aromatic heterocycles. The molecule has 0 saturated heterocycles. The van der Waals surface area contributed by atoms with Crippen molar-refractivity contribution >= 4 is 5.71 Å². The van der Waals surface area contributed by atoms with E-state index < -0.39 is 0 Å². The molecule has 1 rings (SSSR count). The van der Waals surface area contributed by atoms with Crippen LogP contribution in [0.1, 0.15) is 25.7 Å². The third-order valence-electron chi connectivity index (χ3n) is 2.05. The van der Waals surface area contributed by atoms with Gasteiger partial charge in [-0.25, -0.2) is 0 Å². The molecule has 0 atom stereocenters. The van der Waals surface area contributed by atoms with Crippen molar-refractivity contribution in [3.8, 4) is 0 Å².